The van der Waals surface area contributed by atoms with Crippen LogP contribution in [-0.4, -0.2) is 50.1 Å². The maximum Gasteiger partial charge on any atom is 0.410 e. The van der Waals surface area contributed by atoms with E-state index in [4.69, 9.17) is 19.9 Å². The highest BCUT2D eigenvalue weighted by atomic mass is 16.7. The van der Waals surface area contributed by atoms with E-state index in [1.54, 1.807) is 12.0 Å². The van der Waals surface area contributed by atoms with Crippen molar-refractivity contribution >= 4 is 6.09 Å². The van der Waals surface area contributed by atoms with Gasteiger partial charge in [0.05, 0.1) is 18.7 Å². The Bertz CT molecular complexity index is 426. The Labute approximate surface area is 118 Å². The van der Waals surface area contributed by atoms with E-state index in [9.17, 15) is 4.79 Å². The number of hydrogen-bond acceptors (Lipinski definition) is 5. The molecule has 0 saturated carbocycles. The van der Waals surface area contributed by atoms with Crippen molar-refractivity contribution in [3.05, 3.63) is 35.9 Å². The summed E-state index contributed by atoms with van der Waals surface area (Å²) in [5.41, 5.74) is 6.88. The Hall–Kier alpha value is -1.63. The molecule has 1 fully saturated rings. The first kappa shape index (κ1) is 14.8. The van der Waals surface area contributed by atoms with E-state index in [0.29, 0.717) is 13.1 Å². The Morgan fingerprint density at radius 3 is 2.80 bits per heavy atom. The highest BCUT2D eigenvalue weighted by Crippen LogP contribution is 2.14. The molecule has 1 aromatic rings. The van der Waals surface area contributed by atoms with Gasteiger partial charge >= 0.3 is 6.09 Å². The van der Waals surface area contributed by atoms with E-state index < -0.39 is 0 Å². The van der Waals surface area contributed by atoms with Crippen molar-refractivity contribution in [1.82, 2.24) is 4.90 Å². The van der Waals surface area contributed by atoms with Gasteiger partial charge in [0.15, 0.2) is 0 Å². The van der Waals surface area contributed by atoms with Crippen LogP contribution < -0.4 is 5.73 Å². The van der Waals surface area contributed by atoms with Crippen molar-refractivity contribution in [2.24, 2.45) is 5.73 Å². The maximum atomic E-state index is 11.9. The summed E-state index contributed by atoms with van der Waals surface area (Å²) in [6.45, 7) is 1.29. The van der Waals surface area contributed by atoms with Crippen molar-refractivity contribution in [3.8, 4) is 0 Å². The van der Waals surface area contributed by atoms with Crippen LogP contribution in [0.15, 0.2) is 30.3 Å². The molecule has 1 heterocycles. The lowest BCUT2D eigenvalue weighted by molar-refractivity contribution is -0.0708. The van der Waals surface area contributed by atoms with Crippen LogP contribution in [0.2, 0.25) is 0 Å². The molecule has 1 aliphatic heterocycles. The summed E-state index contributed by atoms with van der Waals surface area (Å²) in [6.07, 6.45) is -0.577. The van der Waals surface area contributed by atoms with Crippen molar-refractivity contribution < 1.29 is 19.0 Å². The molecule has 20 heavy (non-hydrogen) atoms. The van der Waals surface area contributed by atoms with Gasteiger partial charge in [-0.1, -0.05) is 30.3 Å². The Balaban J connectivity index is 1.79. The van der Waals surface area contributed by atoms with Crippen molar-refractivity contribution in [2.45, 2.75) is 18.8 Å². The van der Waals surface area contributed by atoms with Gasteiger partial charge in [-0.2, -0.15) is 0 Å². The summed E-state index contributed by atoms with van der Waals surface area (Å²) < 4.78 is 15.5. The molecule has 0 aromatic heterocycles. The molecule has 2 rings (SSSR count). The molecule has 1 aliphatic rings. The first-order chi connectivity index (χ1) is 9.70. The third-order valence-electron chi connectivity index (χ3n) is 3.17. The van der Waals surface area contributed by atoms with Crippen LogP contribution >= 0.6 is 0 Å². The highest BCUT2D eigenvalue weighted by Gasteiger charge is 2.34. The number of likely N-dealkylation sites (tertiary alicyclic amines) is 1. The van der Waals surface area contributed by atoms with Gasteiger partial charge in [-0.3, -0.25) is 0 Å². The molecule has 110 valence electrons. The maximum absolute atomic E-state index is 11.9. The number of hydrogen-bond donors (Lipinski definition) is 1. The minimum Gasteiger partial charge on any atom is -0.445 e. The van der Waals surface area contributed by atoms with E-state index in [0.717, 1.165) is 5.56 Å². The van der Waals surface area contributed by atoms with Crippen LogP contribution in [0, 0.1) is 0 Å². The first-order valence-electron chi connectivity index (χ1n) is 6.52. The average Bonchev–Trinajstić information content (AvgIpc) is 2.85. The van der Waals surface area contributed by atoms with Crippen LogP contribution in [0.5, 0.6) is 0 Å². The van der Waals surface area contributed by atoms with Gasteiger partial charge in [-0.05, 0) is 5.56 Å². The van der Waals surface area contributed by atoms with E-state index in [-0.39, 0.29) is 31.6 Å². The van der Waals surface area contributed by atoms with Gasteiger partial charge in [0, 0.05) is 13.7 Å². The lowest BCUT2D eigenvalue weighted by atomic mass is 10.2. The number of rotatable bonds is 5. The number of ether oxygens (including phenoxy) is 3. The minimum absolute atomic E-state index is 0.172. The number of amides is 1. The molecule has 6 nitrogen and oxygen atoms in total. The first-order valence-corrected chi connectivity index (χ1v) is 6.52. The summed E-state index contributed by atoms with van der Waals surface area (Å²) in [5, 5.41) is 0. The van der Waals surface area contributed by atoms with Gasteiger partial charge < -0.3 is 24.8 Å². The zero-order valence-electron chi connectivity index (χ0n) is 11.5. The zero-order chi connectivity index (χ0) is 14.4. The van der Waals surface area contributed by atoms with E-state index in [1.807, 2.05) is 30.3 Å². The summed E-state index contributed by atoms with van der Waals surface area (Å²) >= 11 is 0. The normalized spacial score (nSPS) is 22.0. The monoisotopic (exact) mass is 280 g/mol. The van der Waals surface area contributed by atoms with Crippen molar-refractivity contribution in [1.29, 1.82) is 0 Å². The topological polar surface area (TPSA) is 74.0 Å². The highest BCUT2D eigenvalue weighted by molar-refractivity contribution is 5.68. The number of carbonyl (C=O) groups is 1. The summed E-state index contributed by atoms with van der Waals surface area (Å²) in [4.78, 5) is 13.5. The number of benzene rings is 1. The fourth-order valence-electron chi connectivity index (χ4n) is 2.09. The molecule has 1 amide bonds. The van der Waals surface area contributed by atoms with Crippen molar-refractivity contribution in [3.63, 3.8) is 0 Å². The smallest absolute Gasteiger partial charge is 0.410 e. The largest absolute Gasteiger partial charge is 0.445 e. The lowest BCUT2D eigenvalue weighted by Crippen LogP contribution is -2.35. The van der Waals surface area contributed by atoms with Crippen LogP contribution in [0.25, 0.3) is 0 Å². The molecule has 1 saturated heterocycles. The second-order valence-electron chi connectivity index (χ2n) is 4.72. The molecule has 2 atom stereocenters. The molecule has 0 radical (unpaired) electrons. The Kier molecular flexibility index (Phi) is 5.34. The fraction of sp³-hybridized carbons (Fsp3) is 0.500. The van der Waals surface area contributed by atoms with Gasteiger partial charge in [0.1, 0.15) is 13.4 Å². The second-order valence-corrected chi connectivity index (χ2v) is 4.72. The van der Waals surface area contributed by atoms with E-state index in [1.165, 1.54) is 0 Å². The standard InChI is InChI=1S/C14H20N2O4/c1-18-10-20-13-8-16(7-12(13)15)14(17)19-9-11-5-3-2-4-6-11/h2-6,12-13H,7-10,15H2,1H3. The van der Waals surface area contributed by atoms with Crippen LogP contribution in [-0.2, 0) is 20.8 Å². The number of carbonyl (C=O) groups excluding carboxylic acids is 1. The van der Waals surface area contributed by atoms with E-state index in [2.05, 4.69) is 0 Å². The van der Waals surface area contributed by atoms with Crippen LogP contribution in [0.1, 0.15) is 5.56 Å². The van der Waals surface area contributed by atoms with Gasteiger partial charge in [0.25, 0.3) is 0 Å². The molecular formula is C14H20N2O4. The van der Waals surface area contributed by atoms with Gasteiger partial charge in [-0.25, -0.2) is 4.79 Å². The zero-order valence-corrected chi connectivity index (χ0v) is 11.5. The molecule has 6 heteroatoms. The predicted octanol–water partition coefficient (Wildman–Crippen LogP) is 0.955. The van der Waals surface area contributed by atoms with Crippen LogP contribution in [0.4, 0.5) is 4.79 Å². The van der Waals surface area contributed by atoms with Crippen molar-refractivity contribution in [2.75, 3.05) is 27.0 Å². The number of nitrogens with zero attached hydrogens (tertiary/aromatic N) is 1. The molecule has 0 spiro atoms. The third-order valence-corrected chi connectivity index (χ3v) is 3.17. The average molecular weight is 280 g/mol. The quantitative estimate of drug-likeness (QED) is 0.813. The molecule has 2 N–H and O–H groups in total. The van der Waals surface area contributed by atoms with Crippen LogP contribution in [0.3, 0.4) is 0 Å². The van der Waals surface area contributed by atoms with E-state index >= 15 is 0 Å². The Morgan fingerprint density at radius 2 is 2.10 bits per heavy atom. The third kappa shape index (κ3) is 3.93. The minimum atomic E-state index is -0.368. The van der Waals surface area contributed by atoms with Gasteiger partial charge in [0.2, 0.25) is 0 Å². The molecule has 0 bridgehead atoms. The second kappa shape index (κ2) is 7.23. The summed E-state index contributed by atoms with van der Waals surface area (Å²) in [7, 11) is 1.55. The lowest BCUT2D eigenvalue weighted by Gasteiger charge is -2.16. The molecule has 2 unspecified atom stereocenters. The molecule has 0 aliphatic carbocycles. The Morgan fingerprint density at radius 1 is 1.35 bits per heavy atom. The SMILES string of the molecule is COCOC1CN(C(=O)OCc2ccccc2)CC1N. The fourth-order valence-corrected chi connectivity index (χ4v) is 2.09. The number of methoxy groups -OCH3 is 1. The molecule has 1 aromatic carbocycles. The molecular weight excluding hydrogens is 260 g/mol. The van der Waals surface area contributed by atoms with Gasteiger partial charge in [-0.15, -0.1) is 0 Å². The number of nitrogens with two attached hydrogens (primary N) is 1. The predicted molar refractivity (Wildman–Crippen MR) is 72.9 cm³/mol. The summed E-state index contributed by atoms with van der Waals surface area (Å²) in [6, 6.07) is 9.34. The summed E-state index contributed by atoms with van der Waals surface area (Å²) in [5.74, 6) is 0.